The van der Waals surface area contributed by atoms with E-state index >= 15 is 0 Å². The van der Waals surface area contributed by atoms with E-state index in [1.165, 1.54) is 0 Å². The maximum atomic E-state index is 11.9. The largest absolute Gasteiger partial charge is 0.492 e. The zero-order valence-corrected chi connectivity index (χ0v) is 12.7. The molecule has 0 aliphatic heterocycles. The van der Waals surface area contributed by atoms with E-state index in [1.54, 1.807) is 24.3 Å². The number of hydrogen-bond acceptors (Lipinski definition) is 5. The first-order valence-corrected chi connectivity index (χ1v) is 8.13. The molecule has 6 nitrogen and oxygen atoms in total. The molecule has 0 fully saturated rings. The second kappa shape index (κ2) is 8.08. The normalized spacial score (nSPS) is 11.6. The van der Waals surface area contributed by atoms with E-state index in [9.17, 15) is 8.42 Å². The third kappa shape index (κ3) is 6.74. The molecule has 7 heteroatoms. The molecule has 0 heterocycles. The molecular formula is C13H22N2O4S. The number of anilines is 1. The van der Waals surface area contributed by atoms with Crippen molar-refractivity contribution in [3.05, 3.63) is 24.3 Å². The van der Waals surface area contributed by atoms with Crippen LogP contribution < -0.4 is 15.2 Å². The van der Waals surface area contributed by atoms with Gasteiger partial charge in [-0.25, -0.2) is 8.42 Å². The first-order valence-electron chi connectivity index (χ1n) is 6.48. The molecule has 1 aromatic rings. The van der Waals surface area contributed by atoms with Gasteiger partial charge in [0.1, 0.15) is 12.4 Å². The van der Waals surface area contributed by atoms with Crippen LogP contribution in [0.25, 0.3) is 0 Å². The van der Waals surface area contributed by atoms with Gasteiger partial charge in [0.05, 0.1) is 24.2 Å². The van der Waals surface area contributed by atoms with Crippen molar-refractivity contribution in [1.82, 2.24) is 0 Å². The predicted octanol–water partition coefficient (Wildman–Crippen LogP) is 1.19. The maximum absolute atomic E-state index is 11.9. The van der Waals surface area contributed by atoms with Crippen LogP contribution >= 0.6 is 0 Å². The molecule has 0 amide bonds. The number of hydrogen-bond donors (Lipinski definition) is 2. The molecule has 0 bridgehead atoms. The predicted molar refractivity (Wildman–Crippen MR) is 79.5 cm³/mol. The summed E-state index contributed by atoms with van der Waals surface area (Å²) in [7, 11) is -3.42. The van der Waals surface area contributed by atoms with Crippen LogP contribution in [0, 0.1) is 0 Å². The highest BCUT2D eigenvalue weighted by atomic mass is 32.2. The molecule has 1 aromatic carbocycles. The summed E-state index contributed by atoms with van der Waals surface area (Å²) < 4.78 is 36.8. The number of benzene rings is 1. The molecule has 0 saturated carbocycles. The first kappa shape index (κ1) is 16.7. The molecule has 0 spiro atoms. The Labute approximate surface area is 120 Å². The van der Waals surface area contributed by atoms with E-state index in [0.717, 1.165) is 0 Å². The Kier molecular flexibility index (Phi) is 6.77. The van der Waals surface area contributed by atoms with Gasteiger partial charge in [0.25, 0.3) is 0 Å². The molecule has 0 saturated heterocycles. The van der Waals surface area contributed by atoms with Gasteiger partial charge in [-0.2, -0.15) is 0 Å². The summed E-state index contributed by atoms with van der Waals surface area (Å²) in [5.74, 6) is 0.494. The maximum Gasteiger partial charge on any atom is 0.235 e. The summed E-state index contributed by atoms with van der Waals surface area (Å²) in [5, 5.41) is 0. The summed E-state index contributed by atoms with van der Waals surface area (Å²) in [4.78, 5) is 0. The third-order valence-corrected chi connectivity index (χ3v) is 3.55. The van der Waals surface area contributed by atoms with E-state index in [4.69, 9.17) is 15.2 Å². The van der Waals surface area contributed by atoms with Crippen LogP contribution in [0.2, 0.25) is 0 Å². The minimum atomic E-state index is -3.42. The fourth-order valence-electron chi connectivity index (χ4n) is 1.45. The molecule has 114 valence electrons. The van der Waals surface area contributed by atoms with Crippen LogP contribution in [0.15, 0.2) is 24.3 Å². The average molecular weight is 302 g/mol. The molecule has 0 radical (unpaired) electrons. The summed E-state index contributed by atoms with van der Waals surface area (Å²) in [6, 6.07) is 6.75. The van der Waals surface area contributed by atoms with Crippen LogP contribution in [0.1, 0.15) is 13.8 Å². The molecule has 20 heavy (non-hydrogen) atoms. The van der Waals surface area contributed by atoms with Gasteiger partial charge in [0.15, 0.2) is 0 Å². The Morgan fingerprint density at radius 1 is 1.30 bits per heavy atom. The Bertz CT molecular complexity index is 503. The Morgan fingerprint density at radius 2 is 2.05 bits per heavy atom. The summed E-state index contributed by atoms with van der Waals surface area (Å²) >= 11 is 0. The standard InChI is InChI=1S/C13H22N2O4S/c1-11(2)18-8-9-20(16,17)15-12-4-3-5-13(10-12)19-7-6-14/h3-5,10-11,15H,6-9,14H2,1-2H3. The third-order valence-electron chi connectivity index (χ3n) is 2.30. The van der Waals surface area contributed by atoms with E-state index in [0.29, 0.717) is 24.6 Å². The van der Waals surface area contributed by atoms with Crippen LogP contribution in [0.4, 0.5) is 5.69 Å². The van der Waals surface area contributed by atoms with Gasteiger partial charge in [0, 0.05) is 12.6 Å². The van der Waals surface area contributed by atoms with Gasteiger partial charge >= 0.3 is 0 Å². The zero-order valence-electron chi connectivity index (χ0n) is 11.8. The summed E-state index contributed by atoms with van der Waals surface area (Å²) in [6.07, 6.45) is 0.0122. The average Bonchev–Trinajstić information content (AvgIpc) is 2.35. The second-order valence-corrected chi connectivity index (χ2v) is 6.35. The van der Waals surface area contributed by atoms with Crippen LogP contribution in [-0.2, 0) is 14.8 Å². The van der Waals surface area contributed by atoms with E-state index in [-0.39, 0.29) is 18.5 Å². The Morgan fingerprint density at radius 3 is 2.70 bits per heavy atom. The highest BCUT2D eigenvalue weighted by Crippen LogP contribution is 2.18. The number of rotatable bonds is 9. The van der Waals surface area contributed by atoms with Crippen LogP contribution in [0.3, 0.4) is 0 Å². The molecular weight excluding hydrogens is 280 g/mol. The fraction of sp³-hybridized carbons (Fsp3) is 0.538. The molecule has 1 rings (SSSR count). The molecule has 0 atom stereocenters. The molecule has 0 aromatic heterocycles. The van der Waals surface area contributed by atoms with Gasteiger partial charge in [-0.3, -0.25) is 4.72 Å². The summed E-state index contributed by atoms with van der Waals surface area (Å²) in [5.41, 5.74) is 5.81. The van der Waals surface area contributed by atoms with Crippen molar-refractivity contribution in [2.75, 3.05) is 30.2 Å². The van der Waals surface area contributed by atoms with Crippen LogP contribution in [-0.4, -0.2) is 40.0 Å². The van der Waals surface area contributed by atoms with Crippen molar-refractivity contribution in [3.8, 4) is 5.75 Å². The monoisotopic (exact) mass is 302 g/mol. The van der Waals surface area contributed by atoms with Gasteiger partial charge in [0.2, 0.25) is 10.0 Å². The number of nitrogens with one attached hydrogen (secondary N) is 1. The Balaban J connectivity index is 2.58. The number of ether oxygens (including phenoxy) is 2. The van der Waals surface area contributed by atoms with E-state index in [1.807, 2.05) is 13.8 Å². The lowest BCUT2D eigenvalue weighted by Crippen LogP contribution is -2.21. The van der Waals surface area contributed by atoms with Crippen molar-refractivity contribution >= 4 is 15.7 Å². The van der Waals surface area contributed by atoms with Crippen molar-refractivity contribution in [2.45, 2.75) is 20.0 Å². The number of sulfonamides is 1. The lowest BCUT2D eigenvalue weighted by molar-refractivity contribution is 0.0913. The van der Waals surface area contributed by atoms with Gasteiger partial charge in [-0.05, 0) is 26.0 Å². The van der Waals surface area contributed by atoms with Crippen molar-refractivity contribution < 1.29 is 17.9 Å². The fourth-order valence-corrected chi connectivity index (χ4v) is 2.35. The van der Waals surface area contributed by atoms with Crippen molar-refractivity contribution in [3.63, 3.8) is 0 Å². The lowest BCUT2D eigenvalue weighted by atomic mass is 10.3. The first-order chi connectivity index (χ1) is 9.43. The molecule has 0 aliphatic carbocycles. The molecule has 3 N–H and O–H groups in total. The number of nitrogens with two attached hydrogens (primary N) is 1. The highest BCUT2D eigenvalue weighted by molar-refractivity contribution is 7.92. The van der Waals surface area contributed by atoms with Gasteiger partial charge in [-0.1, -0.05) is 6.07 Å². The topological polar surface area (TPSA) is 90.7 Å². The smallest absolute Gasteiger partial charge is 0.235 e. The zero-order chi connectivity index (χ0) is 15.0. The van der Waals surface area contributed by atoms with Crippen LogP contribution in [0.5, 0.6) is 5.75 Å². The summed E-state index contributed by atoms with van der Waals surface area (Å²) in [6.45, 7) is 4.67. The molecule has 0 aliphatic rings. The van der Waals surface area contributed by atoms with Crippen molar-refractivity contribution in [2.24, 2.45) is 5.73 Å². The second-order valence-electron chi connectivity index (χ2n) is 4.51. The van der Waals surface area contributed by atoms with Crippen molar-refractivity contribution in [1.29, 1.82) is 0 Å². The SMILES string of the molecule is CC(C)OCCS(=O)(=O)Nc1cccc(OCCN)c1. The quantitative estimate of drug-likeness (QED) is 0.715. The highest BCUT2D eigenvalue weighted by Gasteiger charge is 2.11. The van der Waals surface area contributed by atoms with Gasteiger partial charge < -0.3 is 15.2 Å². The van der Waals surface area contributed by atoms with E-state index < -0.39 is 10.0 Å². The minimum absolute atomic E-state index is 0.0122. The van der Waals surface area contributed by atoms with E-state index in [2.05, 4.69) is 4.72 Å². The Hall–Kier alpha value is -1.31. The molecule has 0 unspecified atom stereocenters. The lowest BCUT2D eigenvalue weighted by Gasteiger charge is -2.11. The minimum Gasteiger partial charge on any atom is -0.492 e. The van der Waals surface area contributed by atoms with Gasteiger partial charge in [-0.15, -0.1) is 0 Å².